The Labute approximate surface area is 96.8 Å². The third-order valence-electron chi connectivity index (χ3n) is 2.53. The first kappa shape index (κ1) is 11.0. The van der Waals surface area contributed by atoms with E-state index in [0.717, 1.165) is 4.47 Å². The molecule has 0 atom stereocenters. The number of likely N-dealkylation sites (tertiary alicyclic amines) is 1. The minimum atomic E-state index is -0.595. The fraction of sp³-hybridized carbons (Fsp3) is 0.455. The van der Waals surface area contributed by atoms with Crippen molar-refractivity contribution in [1.82, 2.24) is 4.90 Å². The summed E-state index contributed by atoms with van der Waals surface area (Å²) in [6, 6.07) is 4.92. The lowest BCUT2D eigenvalue weighted by atomic mass is 9.96. The van der Waals surface area contributed by atoms with Crippen LogP contribution in [0.3, 0.4) is 0 Å². The topological polar surface area (TPSA) is 23.5 Å². The molecule has 1 saturated heterocycles. The van der Waals surface area contributed by atoms with Crippen LogP contribution in [0.25, 0.3) is 0 Å². The van der Waals surface area contributed by atoms with E-state index < -0.39 is 5.60 Å². The number of rotatable bonds is 2. The summed E-state index contributed by atoms with van der Waals surface area (Å²) in [5.41, 5.74) is 0.0718. The molecule has 1 fully saturated rings. The molecule has 0 aliphatic carbocycles. The van der Waals surface area contributed by atoms with E-state index in [4.69, 9.17) is 0 Å². The summed E-state index contributed by atoms with van der Waals surface area (Å²) >= 11 is 3.31. The van der Waals surface area contributed by atoms with Gasteiger partial charge in [-0.2, -0.15) is 0 Å². The second-order valence-electron chi connectivity index (χ2n) is 4.38. The van der Waals surface area contributed by atoms with E-state index in [1.165, 1.54) is 6.07 Å². The molecule has 0 aromatic heterocycles. The molecular formula is C11H13BrFNO. The van der Waals surface area contributed by atoms with Gasteiger partial charge in [-0.3, -0.25) is 4.90 Å². The van der Waals surface area contributed by atoms with Gasteiger partial charge in [0, 0.05) is 29.7 Å². The van der Waals surface area contributed by atoms with E-state index in [-0.39, 0.29) is 5.82 Å². The second-order valence-corrected chi connectivity index (χ2v) is 5.29. The highest BCUT2D eigenvalue weighted by atomic mass is 79.9. The molecule has 2 rings (SSSR count). The van der Waals surface area contributed by atoms with Crippen LogP contribution in [0.2, 0.25) is 0 Å². The minimum Gasteiger partial charge on any atom is -0.388 e. The summed E-state index contributed by atoms with van der Waals surface area (Å²) in [6.07, 6.45) is 0. The maximum Gasteiger partial charge on any atom is 0.127 e. The number of hydrogen-bond acceptors (Lipinski definition) is 2. The lowest BCUT2D eigenvalue weighted by molar-refractivity contribution is -0.0874. The molecule has 4 heteroatoms. The van der Waals surface area contributed by atoms with Gasteiger partial charge in [-0.1, -0.05) is 15.9 Å². The van der Waals surface area contributed by atoms with Crippen LogP contribution in [-0.4, -0.2) is 28.7 Å². The predicted molar refractivity (Wildman–Crippen MR) is 60.0 cm³/mol. The van der Waals surface area contributed by atoms with E-state index in [9.17, 15) is 9.50 Å². The van der Waals surface area contributed by atoms with Gasteiger partial charge in [0.15, 0.2) is 0 Å². The molecule has 1 aromatic rings. The molecule has 0 amide bonds. The van der Waals surface area contributed by atoms with Crippen molar-refractivity contribution in [3.05, 3.63) is 34.1 Å². The van der Waals surface area contributed by atoms with E-state index in [2.05, 4.69) is 15.9 Å². The monoisotopic (exact) mass is 273 g/mol. The van der Waals surface area contributed by atoms with Gasteiger partial charge in [-0.25, -0.2) is 4.39 Å². The summed E-state index contributed by atoms with van der Waals surface area (Å²) in [6.45, 7) is 3.57. The molecule has 1 aliphatic heterocycles. The summed E-state index contributed by atoms with van der Waals surface area (Å²) in [7, 11) is 0. The first-order chi connectivity index (χ1) is 6.96. The van der Waals surface area contributed by atoms with E-state index in [1.54, 1.807) is 19.1 Å². The van der Waals surface area contributed by atoms with Crippen LogP contribution >= 0.6 is 15.9 Å². The van der Waals surface area contributed by atoms with Crippen LogP contribution in [-0.2, 0) is 6.54 Å². The molecule has 0 unspecified atom stereocenters. The quantitative estimate of drug-likeness (QED) is 0.893. The molecule has 1 aromatic carbocycles. The van der Waals surface area contributed by atoms with Crippen molar-refractivity contribution in [2.75, 3.05) is 13.1 Å². The predicted octanol–water partition coefficient (Wildman–Crippen LogP) is 2.15. The minimum absolute atomic E-state index is 0.190. The molecule has 15 heavy (non-hydrogen) atoms. The van der Waals surface area contributed by atoms with Crippen LogP contribution in [0.4, 0.5) is 4.39 Å². The zero-order valence-corrected chi connectivity index (χ0v) is 10.1. The zero-order chi connectivity index (χ0) is 11.1. The number of aliphatic hydroxyl groups is 1. The van der Waals surface area contributed by atoms with Crippen LogP contribution in [0.15, 0.2) is 22.7 Å². The Balaban J connectivity index is 2.03. The van der Waals surface area contributed by atoms with Gasteiger partial charge in [0.2, 0.25) is 0 Å². The maximum absolute atomic E-state index is 13.4. The van der Waals surface area contributed by atoms with Gasteiger partial charge >= 0.3 is 0 Å². The van der Waals surface area contributed by atoms with Gasteiger partial charge in [0.25, 0.3) is 0 Å². The maximum atomic E-state index is 13.4. The van der Waals surface area contributed by atoms with Crippen molar-refractivity contribution in [3.8, 4) is 0 Å². The Morgan fingerprint density at radius 2 is 2.20 bits per heavy atom. The zero-order valence-electron chi connectivity index (χ0n) is 8.50. The number of halogens is 2. The molecule has 82 valence electrons. The second kappa shape index (κ2) is 3.85. The molecule has 0 radical (unpaired) electrons. The van der Waals surface area contributed by atoms with Crippen LogP contribution < -0.4 is 0 Å². The van der Waals surface area contributed by atoms with Crippen molar-refractivity contribution >= 4 is 15.9 Å². The normalized spacial score (nSPS) is 20.0. The van der Waals surface area contributed by atoms with Gasteiger partial charge in [-0.15, -0.1) is 0 Å². The number of hydrogen-bond donors (Lipinski definition) is 1. The lowest BCUT2D eigenvalue weighted by Crippen LogP contribution is -2.59. The van der Waals surface area contributed by atoms with Gasteiger partial charge in [0.05, 0.1) is 5.60 Å². The SMILES string of the molecule is CC1(O)CN(Cc2cc(Br)ccc2F)C1. The van der Waals surface area contributed by atoms with Crippen molar-refractivity contribution in [1.29, 1.82) is 0 Å². The fourth-order valence-corrected chi connectivity index (χ4v) is 2.34. The highest BCUT2D eigenvalue weighted by molar-refractivity contribution is 9.10. The van der Waals surface area contributed by atoms with Crippen molar-refractivity contribution in [2.45, 2.75) is 19.1 Å². The molecule has 1 heterocycles. The lowest BCUT2D eigenvalue weighted by Gasteiger charge is -2.44. The van der Waals surface area contributed by atoms with Crippen LogP contribution in [0.1, 0.15) is 12.5 Å². The largest absolute Gasteiger partial charge is 0.388 e. The number of β-amino-alcohol motifs (C(OH)–C–C–N with tert-alkyl or cyclic N) is 1. The highest BCUT2D eigenvalue weighted by Crippen LogP contribution is 2.24. The van der Waals surface area contributed by atoms with Gasteiger partial charge in [0.1, 0.15) is 5.82 Å². The Morgan fingerprint density at radius 1 is 1.53 bits per heavy atom. The first-order valence-electron chi connectivity index (χ1n) is 4.85. The van der Waals surface area contributed by atoms with Crippen molar-refractivity contribution < 1.29 is 9.50 Å². The highest BCUT2D eigenvalue weighted by Gasteiger charge is 2.36. The first-order valence-corrected chi connectivity index (χ1v) is 5.64. The van der Waals surface area contributed by atoms with Crippen molar-refractivity contribution in [3.63, 3.8) is 0 Å². The summed E-state index contributed by atoms with van der Waals surface area (Å²) in [4.78, 5) is 2.02. The molecule has 0 spiro atoms. The van der Waals surface area contributed by atoms with E-state index >= 15 is 0 Å². The third kappa shape index (κ3) is 2.56. The molecule has 1 N–H and O–H groups in total. The molecular weight excluding hydrogens is 261 g/mol. The smallest absolute Gasteiger partial charge is 0.127 e. The average molecular weight is 274 g/mol. The van der Waals surface area contributed by atoms with E-state index in [1.807, 2.05) is 4.90 Å². The summed E-state index contributed by atoms with van der Waals surface area (Å²) in [5, 5.41) is 9.54. The Morgan fingerprint density at radius 3 is 2.80 bits per heavy atom. The van der Waals surface area contributed by atoms with Crippen LogP contribution in [0, 0.1) is 5.82 Å². The summed E-state index contributed by atoms with van der Waals surface area (Å²) < 4.78 is 14.3. The molecule has 2 nitrogen and oxygen atoms in total. The van der Waals surface area contributed by atoms with Crippen molar-refractivity contribution in [2.24, 2.45) is 0 Å². The van der Waals surface area contributed by atoms with Gasteiger partial charge < -0.3 is 5.11 Å². The van der Waals surface area contributed by atoms with E-state index in [0.29, 0.717) is 25.2 Å². The van der Waals surface area contributed by atoms with Gasteiger partial charge in [-0.05, 0) is 25.1 Å². The Kier molecular flexibility index (Phi) is 2.83. The molecule has 1 aliphatic rings. The standard InChI is InChI=1S/C11H13BrFNO/c1-11(15)6-14(7-11)5-8-4-9(12)2-3-10(8)13/h2-4,15H,5-7H2,1H3. The molecule has 0 saturated carbocycles. The summed E-state index contributed by atoms with van der Waals surface area (Å²) in [5.74, 6) is -0.190. The molecule has 0 bridgehead atoms. The number of benzene rings is 1. The van der Waals surface area contributed by atoms with Crippen LogP contribution in [0.5, 0.6) is 0 Å². The third-order valence-corrected chi connectivity index (χ3v) is 3.02. The Hall–Kier alpha value is -0.450. The average Bonchev–Trinajstić information content (AvgIpc) is 2.08. The fourth-order valence-electron chi connectivity index (χ4n) is 1.93. The number of nitrogens with zero attached hydrogens (tertiary/aromatic N) is 1. The Bertz CT molecular complexity index is 373.